The predicted molar refractivity (Wildman–Crippen MR) is 54.4 cm³/mol. The van der Waals surface area contributed by atoms with Gasteiger partial charge in [-0.2, -0.15) is 26.3 Å². The van der Waals surface area contributed by atoms with Crippen LogP contribution in [0.1, 0.15) is 22.3 Å². The molecule has 0 unspecified atom stereocenters. The first kappa shape index (κ1) is 16.3. The average molecular weight is 303 g/mol. The highest BCUT2D eigenvalue weighted by Crippen LogP contribution is 2.30. The van der Waals surface area contributed by atoms with E-state index in [1.165, 1.54) is 0 Å². The molecule has 0 bridgehead atoms. The van der Waals surface area contributed by atoms with Gasteiger partial charge in [-0.25, -0.2) is 4.39 Å². The Morgan fingerprint density at radius 3 is 2.20 bits per heavy atom. The minimum Gasteiger partial charge on any atom is -0.352 e. The third-order valence-electron chi connectivity index (χ3n) is 2.23. The number of benzene rings is 1. The van der Waals surface area contributed by atoms with Crippen molar-refractivity contribution in [2.45, 2.75) is 18.8 Å². The van der Waals surface area contributed by atoms with E-state index in [4.69, 9.17) is 0 Å². The number of alkyl halides is 6. The molecule has 20 heavy (non-hydrogen) atoms. The van der Waals surface area contributed by atoms with Gasteiger partial charge in [0.2, 0.25) is 0 Å². The molecule has 1 aromatic rings. The predicted octanol–water partition coefficient (Wildman–Crippen LogP) is 3.53. The van der Waals surface area contributed by atoms with E-state index in [1.807, 2.05) is 0 Å². The van der Waals surface area contributed by atoms with Crippen LogP contribution in [0.3, 0.4) is 0 Å². The van der Waals surface area contributed by atoms with Gasteiger partial charge in [-0.3, -0.25) is 4.79 Å². The minimum atomic E-state index is -4.78. The molecule has 1 N–H and O–H groups in total. The zero-order valence-electron chi connectivity index (χ0n) is 9.70. The van der Waals surface area contributed by atoms with Crippen LogP contribution in [-0.2, 0) is 6.18 Å². The summed E-state index contributed by atoms with van der Waals surface area (Å²) in [6, 6.07) is 1.11. The minimum absolute atomic E-state index is 0.248. The summed E-state index contributed by atoms with van der Waals surface area (Å²) < 4.78 is 85.8. The smallest absolute Gasteiger partial charge is 0.352 e. The molecule has 0 aromatic heterocycles. The second-order valence-corrected chi connectivity index (χ2v) is 3.81. The van der Waals surface area contributed by atoms with Crippen LogP contribution in [0.4, 0.5) is 30.7 Å². The number of halogens is 7. The average Bonchev–Trinajstić information content (AvgIpc) is 2.25. The summed E-state index contributed by atoms with van der Waals surface area (Å²) in [4.78, 5) is 11.3. The summed E-state index contributed by atoms with van der Waals surface area (Å²) in [6.45, 7) is -0.849. The summed E-state index contributed by atoms with van der Waals surface area (Å²) in [5.41, 5.74) is -2.22. The molecule has 0 saturated heterocycles. The Kier molecular flexibility index (Phi) is 4.61. The van der Waals surface area contributed by atoms with Crippen molar-refractivity contribution in [2.24, 2.45) is 0 Å². The number of carbonyl (C=O) groups is 1. The lowest BCUT2D eigenvalue weighted by atomic mass is 10.1. The molecule has 2 nitrogen and oxygen atoms in total. The maximum atomic E-state index is 13.2. The largest absolute Gasteiger partial charge is 0.416 e. The van der Waals surface area contributed by atoms with Gasteiger partial charge in [0.1, 0.15) is 5.82 Å². The van der Waals surface area contributed by atoms with Gasteiger partial charge in [-0.05, 0) is 18.2 Å². The Morgan fingerprint density at radius 2 is 1.70 bits per heavy atom. The number of rotatable bonds is 3. The van der Waals surface area contributed by atoms with Crippen LogP contribution in [0.2, 0.25) is 0 Å². The zero-order valence-corrected chi connectivity index (χ0v) is 9.70. The summed E-state index contributed by atoms with van der Waals surface area (Å²) in [5, 5.41) is 1.71. The highest BCUT2D eigenvalue weighted by molar-refractivity contribution is 5.94. The molecule has 0 aliphatic rings. The second kappa shape index (κ2) is 5.68. The topological polar surface area (TPSA) is 29.1 Å². The van der Waals surface area contributed by atoms with Crippen molar-refractivity contribution in [3.05, 3.63) is 35.1 Å². The van der Waals surface area contributed by atoms with E-state index in [0.29, 0.717) is 12.1 Å². The van der Waals surface area contributed by atoms with Crippen molar-refractivity contribution in [1.82, 2.24) is 5.32 Å². The first-order valence-electron chi connectivity index (χ1n) is 5.22. The van der Waals surface area contributed by atoms with Gasteiger partial charge in [0, 0.05) is 6.54 Å². The lowest BCUT2D eigenvalue weighted by Gasteiger charge is -2.11. The van der Waals surface area contributed by atoms with E-state index in [-0.39, 0.29) is 6.07 Å². The van der Waals surface area contributed by atoms with Crippen LogP contribution in [0.25, 0.3) is 0 Å². The number of amides is 1. The fourth-order valence-electron chi connectivity index (χ4n) is 1.29. The van der Waals surface area contributed by atoms with Gasteiger partial charge in [-0.15, -0.1) is 0 Å². The molecule has 0 saturated carbocycles. The molecular formula is C11H8F7NO. The standard InChI is InChI=1S/C11H8F7NO/c12-8-2-1-6(11(16,17)18)5-7(8)9(20)19-4-3-10(13,14)15/h1-2,5H,3-4H2,(H,19,20). The SMILES string of the molecule is O=C(NCCC(F)(F)F)c1cc(C(F)(F)F)ccc1F. The lowest BCUT2D eigenvalue weighted by molar-refractivity contribution is -0.137. The summed E-state index contributed by atoms with van der Waals surface area (Å²) in [6.07, 6.45) is -10.7. The molecule has 1 aromatic carbocycles. The second-order valence-electron chi connectivity index (χ2n) is 3.81. The van der Waals surface area contributed by atoms with E-state index in [2.05, 4.69) is 0 Å². The van der Waals surface area contributed by atoms with Crippen LogP contribution in [0.15, 0.2) is 18.2 Å². The van der Waals surface area contributed by atoms with E-state index >= 15 is 0 Å². The molecule has 0 atom stereocenters. The summed E-state index contributed by atoms with van der Waals surface area (Å²) in [5.74, 6) is -2.58. The van der Waals surface area contributed by atoms with Crippen molar-refractivity contribution < 1.29 is 35.5 Å². The van der Waals surface area contributed by atoms with Gasteiger partial charge >= 0.3 is 12.4 Å². The Hall–Kier alpha value is -1.80. The quantitative estimate of drug-likeness (QED) is 0.850. The van der Waals surface area contributed by atoms with Gasteiger partial charge < -0.3 is 5.32 Å². The van der Waals surface area contributed by atoms with Crippen molar-refractivity contribution >= 4 is 5.91 Å². The molecule has 1 amide bonds. The van der Waals surface area contributed by atoms with Gasteiger partial charge in [0.25, 0.3) is 5.91 Å². The van der Waals surface area contributed by atoms with Crippen LogP contribution in [0, 0.1) is 5.82 Å². The molecule has 1 rings (SSSR count). The zero-order chi connectivity index (χ0) is 15.6. The first-order chi connectivity index (χ1) is 9.00. The molecule has 0 radical (unpaired) electrons. The number of hydrogen-bond acceptors (Lipinski definition) is 1. The van der Waals surface area contributed by atoms with E-state index in [0.717, 1.165) is 0 Å². The van der Waals surface area contributed by atoms with Crippen LogP contribution in [-0.4, -0.2) is 18.6 Å². The molecule has 0 fully saturated rings. The van der Waals surface area contributed by atoms with Gasteiger partial charge in [0.15, 0.2) is 0 Å². The molecule has 0 spiro atoms. The lowest BCUT2D eigenvalue weighted by Crippen LogP contribution is -2.28. The molecule has 0 heterocycles. The monoisotopic (exact) mass is 303 g/mol. The Bertz CT molecular complexity index is 493. The number of nitrogens with one attached hydrogen (secondary N) is 1. The number of hydrogen-bond donors (Lipinski definition) is 1. The van der Waals surface area contributed by atoms with E-state index in [1.54, 1.807) is 5.32 Å². The van der Waals surface area contributed by atoms with Crippen molar-refractivity contribution in [3.8, 4) is 0 Å². The van der Waals surface area contributed by atoms with Gasteiger partial charge in [0.05, 0.1) is 17.5 Å². The summed E-state index contributed by atoms with van der Waals surface area (Å²) in [7, 11) is 0. The van der Waals surface area contributed by atoms with Crippen molar-refractivity contribution in [2.75, 3.05) is 6.54 Å². The first-order valence-corrected chi connectivity index (χ1v) is 5.22. The number of carbonyl (C=O) groups excluding carboxylic acids is 1. The van der Waals surface area contributed by atoms with Crippen LogP contribution >= 0.6 is 0 Å². The van der Waals surface area contributed by atoms with Crippen molar-refractivity contribution in [1.29, 1.82) is 0 Å². The summed E-state index contributed by atoms with van der Waals surface area (Å²) >= 11 is 0. The molecule has 9 heteroatoms. The van der Waals surface area contributed by atoms with E-state index < -0.39 is 48.2 Å². The highest BCUT2D eigenvalue weighted by Gasteiger charge is 2.32. The third-order valence-corrected chi connectivity index (χ3v) is 2.23. The van der Waals surface area contributed by atoms with Crippen LogP contribution < -0.4 is 5.32 Å². The maximum Gasteiger partial charge on any atom is 0.416 e. The molecule has 0 aliphatic heterocycles. The van der Waals surface area contributed by atoms with Crippen LogP contribution in [0.5, 0.6) is 0 Å². The van der Waals surface area contributed by atoms with Gasteiger partial charge in [-0.1, -0.05) is 0 Å². The van der Waals surface area contributed by atoms with Crippen molar-refractivity contribution in [3.63, 3.8) is 0 Å². The highest BCUT2D eigenvalue weighted by atomic mass is 19.4. The fourth-order valence-corrected chi connectivity index (χ4v) is 1.29. The van der Waals surface area contributed by atoms with E-state index in [9.17, 15) is 35.5 Å². The molecule has 112 valence electrons. The fraction of sp³-hybridized carbons (Fsp3) is 0.364. The normalized spacial score (nSPS) is 12.3. The Morgan fingerprint density at radius 1 is 1.10 bits per heavy atom. The Labute approximate surface area is 108 Å². The Balaban J connectivity index is 2.82. The molecular weight excluding hydrogens is 295 g/mol. The third kappa shape index (κ3) is 4.71. The maximum absolute atomic E-state index is 13.2. The molecule has 0 aliphatic carbocycles.